The Hall–Kier alpha value is -2.17. The summed E-state index contributed by atoms with van der Waals surface area (Å²) in [7, 11) is 0. The molecule has 130 valence electrons. The van der Waals surface area contributed by atoms with Crippen molar-refractivity contribution in [2.45, 2.75) is 46.6 Å². The summed E-state index contributed by atoms with van der Waals surface area (Å²) >= 11 is 0. The highest BCUT2D eigenvalue weighted by atomic mass is 19.1. The molecule has 0 radical (unpaired) electrons. The number of hydrogen-bond acceptors (Lipinski definition) is 2. The Morgan fingerprint density at radius 3 is 2.62 bits per heavy atom. The molecule has 1 N–H and O–H groups in total. The lowest BCUT2D eigenvalue weighted by atomic mass is 10.1. The first kappa shape index (κ1) is 18.2. The number of aryl methyl sites for hydroxylation is 2. The van der Waals surface area contributed by atoms with Crippen LogP contribution < -0.4 is 5.32 Å². The number of nitrogens with zero attached hydrogens (tertiary/aromatic N) is 2. The number of aromatic nitrogens is 2. The molecule has 1 heterocycles. The van der Waals surface area contributed by atoms with Crippen molar-refractivity contribution in [3.05, 3.63) is 53.1 Å². The number of rotatable bonds is 8. The molecule has 2 rings (SSSR count). The molecule has 0 spiro atoms. The van der Waals surface area contributed by atoms with Crippen molar-refractivity contribution in [1.82, 2.24) is 15.1 Å². The van der Waals surface area contributed by atoms with Crippen LogP contribution in [0.4, 0.5) is 4.39 Å². The minimum atomic E-state index is -0.225. The van der Waals surface area contributed by atoms with E-state index in [9.17, 15) is 9.18 Å². The van der Waals surface area contributed by atoms with E-state index in [0.29, 0.717) is 24.7 Å². The molecule has 0 saturated heterocycles. The molecule has 1 amide bonds. The molecule has 0 fully saturated rings. The van der Waals surface area contributed by atoms with Crippen molar-refractivity contribution in [1.29, 1.82) is 0 Å². The molecule has 24 heavy (non-hydrogen) atoms. The fourth-order valence-electron chi connectivity index (χ4n) is 2.65. The summed E-state index contributed by atoms with van der Waals surface area (Å²) in [5.41, 5.74) is 2.65. The largest absolute Gasteiger partial charge is 0.351 e. The van der Waals surface area contributed by atoms with Crippen LogP contribution in [0.15, 0.2) is 30.3 Å². The first-order chi connectivity index (χ1) is 11.5. The molecule has 0 saturated carbocycles. The number of benzene rings is 1. The third-order valence-electron chi connectivity index (χ3n) is 3.82. The van der Waals surface area contributed by atoms with Gasteiger partial charge in [0.15, 0.2) is 0 Å². The van der Waals surface area contributed by atoms with Crippen molar-refractivity contribution in [3.8, 4) is 0 Å². The Morgan fingerprint density at radius 1 is 1.29 bits per heavy atom. The van der Waals surface area contributed by atoms with Crippen LogP contribution in [-0.2, 0) is 19.4 Å². The Labute approximate surface area is 143 Å². The molecule has 0 aliphatic rings. The lowest BCUT2D eigenvalue weighted by Gasteiger charge is -2.06. The van der Waals surface area contributed by atoms with Crippen LogP contribution >= 0.6 is 0 Å². The van der Waals surface area contributed by atoms with Gasteiger partial charge in [-0.3, -0.25) is 9.48 Å². The first-order valence-electron chi connectivity index (χ1n) is 8.59. The average Bonchev–Trinajstić information content (AvgIpc) is 2.95. The van der Waals surface area contributed by atoms with Crippen LogP contribution in [0.1, 0.15) is 48.9 Å². The van der Waals surface area contributed by atoms with Crippen molar-refractivity contribution in [3.63, 3.8) is 0 Å². The van der Waals surface area contributed by atoms with E-state index in [2.05, 4.69) is 24.3 Å². The van der Waals surface area contributed by atoms with Gasteiger partial charge in [-0.2, -0.15) is 5.10 Å². The Kier molecular flexibility index (Phi) is 6.53. The van der Waals surface area contributed by atoms with Gasteiger partial charge in [0, 0.05) is 13.1 Å². The smallest absolute Gasteiger partial charge is 0.269 e. The topological polar surface area (TPSA) is 46.9 Å². The van der Waals surface area contributed by atoms with Crippen LogP contribution in [-0.4, -0.2) is 22.2 Å². The van der Waals surface area contributed by atoms with Gasteiger partial charge in [-0.05, 0) is 55.9 Å². The predicted octanol–water partition coefficient (Wildman–Crippen LogP) is 3.60. The van der Waals surface area contributed by atoms with Gasteiger partial charge in [0.25, 0.3) is 5.91 Å². The van der Waals surface area contributed by atoms with Crippen molar-refractivity contribution in [2.24, 2.45) is 5.92 Å². The fraction of sp³-hybridized carbons (Fsp3) is 0.474. The van der Waals surface area contributed by atoms with Gasteiger partial charge in [0.1, 0.15) is 11.5 Å². The molecular weight excluding hydrogens is 305 g/mol. The zero-order valence-corrected chi connectivity index (χ0v) is 14.7. The van der Waals surface area contributed by atoms with Crippen LogP contribution in [0, 0.1) is 11.7 Å². The lowest BCUT2D eigenvalue weighted by Crippen LogP contribution is -2.27. The van der Waals surface area contributed by atoms with E-state index in [1.165, 1.54) is 12.1 Å². The van der Waals surface area contributed by atoms with E-state index in [4.69, 9.17) is 0 Å². The highest BCUT2D eigenvalue weighted by molar-refractivity contribution is 5.92. The molecule has 0 aliphatic carbocycles. The van der Waals surface area contributed by atoms with E-state index in [1.54, 1.807) is 16.8 Å². The van der Waals surface area contributed by atoms with E-state index in [-0.39, 0.29) is 11.7 Å². The van der Waals surface area contributed by atoms with Gasteiger partial charge >= 0.3 is 0 Å². The Balaban J connectivity index is 1.85. The Bertz CT molecular complexity index is 662. The van der Waals surface area contributed by atoms with Crippen molar-refractivity contribution >= 4 is 5.91 Å². The quantitative estimate of drug-likeness (QED) is 0.751. The fourth-order valence-corrected chi connectivity index (χ4v) is 2.65. The summed E-state index contributed by atoms with van der Waals surface area (Å²) in [5.74, 6) is 0.201. The van der Waals surface area contributed by atoms with Crippen molar-refractivity contribution < 1.29 is 9.18 Å². The third-order valence-corrected chi connectivity index (χ3v) is 3.82. The molecule has 1 aromatic heterocycles. The number of hydrogen-bond donors (Lipinski definition) is 1. The summed E-state index contributed by atoms with van der Waals surface area (Å²) in [5, 5.41) is 7.44. The Morgan fingerprint density at radius 2 is 2.00 bits per heavy atom. The zero-order chi connectivity index (χ0) is 17.5. The molecule has 4 nitrogen and oxygen atoms in total. The normalized spacial score (nSPS) is 11.0. The van der Waals surface area contributed by atoms with E-state index in [0.717, 1.165) is 30.5 Å². The second-order valence-electron chi connectivity index (χ2n) is 6.42. The van der Waals surface area contributed by atoms with Crippen LogP contribution in [0.25, 0.3) is 0 Å². The van der Waals surface area contributed by atoms with Crippen LogP contribution in [0.3, 0.4) is 0 Å². The first-order valence-corrected chi connectivity index (χ1v) is 8.59. The minimum Gasteiger partial charge on any atom is -0.351 e. The lowest BCUT2D eigenvalue weighted by molar-refractivity contribution is 0.0942. The third kappa shape index (κ3) is 5.18. The molecular formula is C19H26FN3O. The van der Waals surface area contributed by atoms with Gasteiger partial charge in [0.05, 0.1) is 5.69 Å². The molecule has 0 bridgehead atoms. The second-order valence-corrected chi connectivity index (χ2v) is 6.42. The molecule has 0 atom stereocenters. The molecule has 5 heteroatoms. The van der Waals surface area contributed by atoms with Crippen molar-refractivity contribution in [2.75, 3.05) is 6.54 Å². The van der Waals surface area contributed by atoms with E-state index >= 15 is 0 Å². The van der Waals surface area contributed by atoms with Gasteiger partial charge in [0.2, 0.25) is 0 Å². The van der Waals surface area contributed by atoms with Crippen LogP contribution in [0.5, 0.6) is 0 Å². The number of halogens is 1. The number of amides is 1. The van der Waals surface area contributed by atoms with Gasteiger partial charge in [-0.1, -0.05) is 26.0 Å². The summed E-state index contributed by atoms with van der Waals surface area (Å²) in [6, 6.07) is 8.37. The molecule has 0 aliphatic heterocycles. The van der Waals surface area contributed by atoms with Gasteiger partial charge in [-0.15, -0.1) is 0 Å². The van der Waals surface area contributed by atoms with E-state index in [1.807, 2.05) is 13.0 Å². The maximum absolute atomic E-state index is 12.9. The highest BCUT2D eigenvalue weighted by Gasteiger charge is 2.14. The average molecular weight is 331 g/mol. The number of nitrogens with one attached hydrogen (secondary N) is 1. The summed E-state index contributed by atoms with van der Waals surface area (Å²) in [6.07, 6.45) is 2.50. The summed E-state index contributed by atoms with van der Waals surface area (Å²) in [4.78, 5) is 12.4. The van der Waals surface area contributed by atoms with Gasteiger partial charge < -0.3 is 5.32 Å². The molecule has 0 unspecified atom stereocenters. The summed E-state index contributed by atoms with van der Waals surface area (Å²) in [6.45, 7) is 7.53. The molecule has 1 aromatic carbocycles. The number of carbonyl (C=O) groups excluding carboxylic acids is 1. The van der Waals surface area contributed by atoms with Gasteiger partial charge in [-0.25, -0.2) is 4.39 Å². The highest BCUT2D eigenvalue weighted by Crippen LogP contribution is 2.10. The second kappa shape index (κ2) is 8.62. The SMILES string of the molecule is CCn1nc(CC(C)C)cc1C(=O)NCCCc1ccc(F)cc1. The monoisotopic (exact) mass is 331 g/mol. The summed E-state index contributed by atoms with van der Waals surface area (Å²) < 4.78 is 14.6. The predicted molar refractivity (Wildman–Crippen MR) is 93.5 cm³/mol. The van der Waals surface area contributed by atoms with Crippen LogP contribution in [0.2, 0.25) is 0 Å². The minimum absolute atomic E-state index is 0.0848. The number of carbonyl (C=O) groups is 1. The maximum atomic E-state index is 12.9. The molecule has 2 aromatic rings. The zero-order valence-electron chi connectivity index (χ0n) is 14.7. The van der Waals surface area contributed by atoms with E-state index < -0.39 is 0 Å². The standard InChI is InChI=1S/C19H26FN3O/c1-4-23-18(13-17(22-23)12-14(2)3)19(24)21-11-5-6-15-7-9-16(20)10-8-15/h7-10,13-14H,4-6,11-12H2,1-3H3,(H,21,24). The maximum Gasteiger partial charge on any atom is 0.269 e.